The zero-order valence-corrected chi connectivity index (χ0v) is 12.1. The van der Waals surface area contributed by atoms with Gasteiger partial charge in [-0.05, 0) is 32.4 Å². The Morgan fingerprint density at radius 1 is 1.53 bits per heavy atom. The van der Waals surface area contributed by atoms with Gasteiger partial charge in [-0.1, -0.05) is 6.92 Å². The maximum absolute atomic E-state index is 12.1. The summed E-state index contributed by atoms with van der Waals surface area (Å²) < 4.78 is 0. The Balaban J connectivity index is 2.08. The SMILES string of the molecule is CCc1cc(C(=O)NC(C)c2csc(C)n2)ccn1. The van der Waals surface area contributed by atoms with E-state index in [1.165, 1.54) is 0 Å². The van der Waals surface area contributed by atoms with Crippen LogP contribution < -0.4 is 5.32 Å². The molecule has 100 valence electrons. The molecular weight excluding hydrogens is 258 g/mol. The van der Waals surface area contributed by atoms with Gasteiger partial charge in [0.15, 0.2) is 0 Å². The lowest BCUT2D eigenvalue weighted by atomic mass is 10.1. The van der Waals surface area contributed by atoms with E-state index in [2.05, 4.69) is 15.3 Å². The van der Waals surface area contributed by atoms with Gasteiger partial charge in [-0.3, -0.25) is 9.78 Å². The molecule has 1 unspecified atom stereocenters. The van der Waals surface area contributed by atoms with E-state index in [0.717, 1.165) is 22.8 Å². The van der Waals surface area contributed by atoms with E-state index in [-0.39, 0.29) is 11.9 Å². The van der Waals surface area contributed by atoms with Crippen molar-refractivity contribution >= 4 is 17.2 Å². The Kier molecular flexibility index (Phi) is 4.27. The van der Waals surface area contributed by atoms with Gasteiger partial charge < -0.3 is 5.32 Å². The second-order valence-electron chi connectivity index (χ2n) is 4.38. The van der Waals surface area contributed by atoms with Crippen molar-refractivity contribution in [3.05, 3.63) is 45.7 Å². The minimum atomic E-state index is -0.0877. The maximum Gasteiger partial charge on any atom is 0.251 e. The van der Waals surface area contributed by atoms with E-state index in [0.29, 0.717) is 5.56 Å². The Morgan fingerprint density at radius 2 is 2.32 bits per heavy atom. The molecule has 0 aliphatic heterocycles. The van der Waals surface area contributed by atoms with Gasteiger partial charge in [0.2, 0.25) is 0 Å². The smallest absolute Gasteiger partial charge is 0.251 e. The predicted octanol–water partition coefficient (Wildman–Crippen LogP) is 2.90. The molecule has 0 aliphatic rings. The lowest BCUT2D eigenvalue weighted by Gasteiger charge is -2.12. The van der Waals surface area contributed by atoms with Crippen molar-refractivity contribution in [3.63, 3.8) is 0 Å². The number of nitrogens with zero attached hydrogens (tertiary/aromatic N) is 2. The molecule has 19 heavy (non-hydrogen) atoms. The number of rotatable bonds is 4. The van der Waals surface area contributed by atoms with Crippen molar-refractivity contribution in [2.45, 2.75) is 33.2 Å². The highest BCUT2D eigenvalue weighted by molar-refractivity contribution is 7.09. The second kappa shape index (κ2) is 5.93. The van der Waals surface area contributed by atoms with E-state index in [4.69, 9.17) is 0 Å². The Hall–Kier alpha value is -1.75. The fourth-order valence-electron chi connectivity index (χ4n) is 1.75. The van der Waals surface area contributed by atoms with Crippen molar-refractivity contribution in [2.24, 2.45) is 0 Å². The summed E-state index contributed by atoms with van der Waals surface area (Å²) in [5, 5.41) is 5.94. The fraction of sp³-hybridized carbons (Fsp3) is 0.357. The molecule has 2 aromatic heterocycles. The molecule has 2 heterocycles. The highest BCUT2D eigenvalue weighted by Gasteiger charge is 2.13. The molecule has 0 fully saturated rings. The second-order valence-corrected chi connectivity index (χ2v) is 5.44. The van der Waals surface area contributed by atoms with Gasteiger partial charge in [-0.2, -0.15) is 0 Å². The zero-order chi connectivity index (χ0) is 13.8. The number of nitrogens with one attached hydrogen (secondary N) is 1. The van der Waals surface area contributed by atoms with Gasteiger partial charge in [0.1, 0.15) is 0 Å². The van der Waals surface area contributed by atoms with Crippen LogP contribution in [0.4, 0.5) is 0 Å². The Labute approximate surface area is 116 Å². The summed E-state index contributed by atoms with van der Waals surface area (Å²) in [6.07, 6.45) is 2.49. The third kappa shape index (κ3) is 3.38. The summed E-state index contributed by atoms with van der Waals surface area (Å²) in [5.41, 5.74) is 2.47. The number of carbonyl (C=O) groups is 1. The molecule has 0 radical (unpaired) electrons. The van der Waals surface area contributed by atoms with Crippen LogP contribution in [0.25, 0.3) is 0 Å². The largest absolute Gasteiger partial charge is 0.344 e. The van der Waals surface area contributed by atoms with Gasteiger partial charge in [0, 0.05) is 22.8 Å². The number of aryl methyl sites for hydroxylation is 2. The van der Waals surface area contributed by atoms with Crippen LogP contribution in [0.1, 0.15) is 46.6 Å². The van der Waals surface area contributed by atoms with Crippen molar-refractivity contribution in [2.75, 3.05) is 0 Å². The average molecular weight is 275 g/mol. The number of aromatic nitrogens is 2. The first-order chi connectivity index (χ1) is 9.10. The van der Waals surface area contributed by atoms with Crippen molar-refractivity contribution in [1.29, 1.82) is 0 Å². The van der Waals surface area contributed by atoms with Crippen LogP contribution in [-0.2, 0) is 6.42 Å². The zero-order valence-electron chi connectivity index (χ0n) is 11.3. The van der Waals surface area contributed by atoms with Crippen molar-refractivity contribution < 1.29 is 4.79 Å². The summed E-state index contributed by atoms with van der Waals surface area (Å²) >= 11 is 1.59. The topological polar surface area (TPSA) is 54.9 Å². The first-order valence-corrected chi connectivity index (χ1v) is 7.16. The van der Waals surface area contributed by atoms with Crippen LogP contribution in [0.2, 0.25) is 0 Å². The average Bonchev–Trinajstić information content (AvgIpc) is 2.85. The summed E-state index contributed by atoms with van der Waals surface area (Å²) in [6.45, 7) is 5.91. The normalized spacial score (nSPS) is 12.2. The van der Waals surface area contributed by atoms with E-state index in [9.17, 15) is 4.79 Å². The molecule has 2 aromatic rings. The summed E-state index contributed by atoms with van der Waals surface area (Å²) in [6, 6.07) is 3.47. The molecule has 0 spiro atoms. The number of carbonyl (C=O) groups excluding carboxylic acids is 1. The van der Waals surface area contributed by atoms with Crippen LogP contribution in [0, 0.1) is 6.92 Å². The van der Waals surface area contributed by atoms with E-state index in [1.54, 1.807) is 23.6 Å². The van der Waals surface area contributed by atoms with E-state index in [1.807, 2.05) is 32.2 Å². The predicted molar refractivity (Wildman–Crippen MR) is 76.3 cm³/mol. The minimum Gasteiger partial charge on any atom is -0.344 e. The molecule has 1 atom stereocenters. The van der Waals surface area contributed by atoms with Gasteiger partial charge >= 0.3 is 0 Å². The van der Waals surface area contributed by atoms with E-state index < -0.39 is 0 Å². The first-order valence-electron chi connectivity index (χ1n) is 6.28. The lowest BCUT2D eigenvalue weighted by molar-refractivity contribution is 0.0939. The first kappa shape index (κ1) is 13.7. The highest BCUT2D eigenvalue weighted by Crippen LogP contribution is 2.16. The number of amides is 1. The van der Waals surface area contributed by atoms with Crippen LogP contribution in [0.15, 0.2) is 23.7 Å². The summed E-state index contributed by atoms with van der Waals surface area (Å²) in [7, 11) is 0. The van der Waals surface area contributed by atoms with Crippen LogP contribution in [0.3, 0.4) is 0 Å². The minimum absolute atomic E-state index is 0.0873. The Morgan fingerprint density at radius 3 is 2.95 bits per heavy atom. The quantitative estimate of drug-likeness (QED) is 0.933. The molecule has 0 saturated carbocycles. The summed E-state index contributed by atoms with van der Waals surface area (Å²) in [4.78, 5) is 20.7. The number of hydrogen-bond donors (Lipinski definition) is 1. The van der Waals surface area contributed by atoms with Crippen molar-refractivity contribution in [1.82, 2.24) is 15.3 Å². The third-order valence-electron chi connectivity index (χ3n) is 2.87. The van der Waals surface area contributed by atoms with Gasteiger partial charge in [-0.15, -0.1) is 11.3 Å². The Bertz CT molecular complexity index is 580. The number of thiazole rings is 1. The molecule has 0 aromatic carbocycles. The molecule has 4 nitrogen and oxygen atoms in total. The highest BCUT2D eigenvalue weighted by atomic mass is 32.1. The standard InChI is InChI=1S/C14H17N3OS/c1-4-12-7-11(5-6-15-12)14(18)16-9(2)13-8-19-10(3)17-13/h5-9H,4H2,1-3H3,(H,16,18). The van der Waals surface area contributed by atoms with Crippen molar-refractivity contribution in [3.8, 4) is 0 Å². The molecular formula is C14H17N3OS. The molecule has 0 aliphatic carbocycles. The fourth-order valence-corrected chi connectivity index (χ4v) is 2.45. The van der Waals surface area contributed by atoms with Gasteiger partial charge in [0.05, 0.1) is 16.7 Å². The molecule has 1 amide bonds. The van der Waals surface area contributed by atoms with Crippen LogP contribution >= 0.6 is 11.3 Å². The molecule has 0 saturated heterocycles. The van der Waals surface area contributed by atoms with E-state index >= 15 is 0 Å². The van der Waals surface area contributed by atoms with Gasteiger partial charge in [0.25, 0.3) is 5.91 Å². The molecule has 0 bridgehead atoms. The van der Waals surface area contributed by atoms with Gasteiger partial charge in [-0.25, -0.2) is 4.98 Å². The summed E-state index contributed by atoms with van der Waals surface area (Å²) in [5.74, 6) is -0.0877. The monoisotopic (exact) mass is 275 g/mol. The lowest BCUT2D eigenvalue weighted by Crippen LogP contribution is -2.27. The molecule has 2 rings (SSSR count). The van der Waals surface area contributed by atoms with Crippen LogP contribution in [-0.4, -0.2) is 15.9 Å². The maximum atomic E-state index is 12.1. The molecule has 5 heteroatoms. The number of pyridine rings is 1. The third-order valence-corrected chi connectivity index (χ3v) is 3.66. The molecule has 1 N–H and O–H groups in total. The van der Waals surface area contributed by atoms with Crippen LogP contribution in [0.5, 0.6) is 0 Å². The number of hydrogen-bond acceptors (Lipinski definition) is 4.